The molecule has 1 atom stereocenters. The largest absolute Gasteiger partial charge is 0.457 e. The van der Waals surface area contributed by atoms with Gasteiger partial charge in [-0.2, -0.15) is 0 Å². The molecule has 0 spiro atoms. The molecule has 5 aromatic rings. The van der Waals surface area contributed by atoms with Gasteiger partial charge in [-0.15, -0.1) is 0 Å². The van der Waals surface area contributed by atoms with Gasteiger partial charge >= 0.3 is 7.60 Å². The van der Waals surface area contributed by atoms with Crippen LogP contribution < -0.4 is 14.4 Å². The molecule has 5 rings (SSSR count). The van der Waals surface area contributed by atoms with E-state index in [9.17, 15) is 4.57 Å². The average Bonchev–Trinajstić information content (AvgIpc) is 3.28. The lowest BCUT2D eigenvalue weighted by Gasteiger charge is -2.28. The Labute approximate surface area is 206 Å². The molecule has 1 N–H and O–H groups in total. The lowest BCUT2D eigenvalue weighted by atomic mass is 10.2. The number of halogens is 1. The molecule has 4 aromatic carbocycles. The summed E-state index contributed by atoms with van der Waals surface area (Å²) in [5.41, 5.74) is 1.43. The Bertz CT molecular complexity index is 1390. The second-order valence-corrected chi connectivity index (χ2v) is 10.8. The summed E-state index contributed by atoms with van der Waals surface area (Å²) in [7, 11) is -3.89. The van der Waals surface area contributed by atoms with Gasteiger partial charge in [0.2, 0.25) is 0 Å². The quantitative estimate of drug-likeness (QED) is 0.214. The van der Waals surface area contributed by atoms with Gasteiger partial charge in [0.1, 0.15) is 17.0 Å². The molecule has 0 amide bonds. The van der Waals surface area contributed by atoms with Crippen molar-refractivity contribution in [1.29, 1.82) is 0 Å². The highest BCUT2D eigenvalue weighted by Gasteiger charge is 2.41. The SMILES string of the molecule is O=P(Oc1ccccc1)(Oc1ccccc1)C(Nc1nc2c(Cl)cccc2s1)c1ccccc1. The number of anilines is 1. The van der Waals surface area contributed by atoms with E-state index in [4.69, 9.17) is 20.6 Å². The number of thiazole rings is 1. The fraction of sp³-hybridized carbons (Fsp3) is 0.0385. The van der Waals surface area contributed by atoms with Gasteiger partial charge in [-0.25, -0.2) is 9.55 Å². The topological polar surface area (TPSA) is 60.5 Å². The van der Waals surface area contributed by atoms with Crippen molar-refractivity contribution < 1.29 is 13.6 Å². The van der Waals surface area contributed by atoms with Crippen molar-refractivity contribution in [2.75, 3.05) is 5.32 Å². The van der Waals surface area contributed by atoms with Crippen LogP contribution in [0.3, 0.4) is 0 Å². The van der Waals surface area contributed by atoms with Crippen LogP contribution in [0.4, 0.5) is 5.13 Å². The number of aromatic nitrogens is 1. The Morgan fingerprint density at radius 2 is 1.32 bits per heavy atom. The van der Waals surface area contributed by atoms with E-state index in [-0.39, 0.29) is 0 Å². The van der Waals surface area contributed by atoms with E-state index in [1.165, 1.54) is 11.3 Å². The monoisotopic (exact) mass is 506 g/mol. The molecule has 0 saturated carbocycles. The second kappa shape index (κ2) is 9.90. The summed E-state index contributed by atoms with van der Waals surface area (Å²) < 4.78 is 27.7. The van der Waals surface area contributed by atoms with E-state index in [2.05, 4.69) is 10.3 Å². The van der Waals surface area contributed by atoms with Crippen molar-refractivity contribution in [2.45, 2.75) is 5.78 Å². The van der Waals surface area contributed by atoms with Crippen LogP contribution in [0.1, 0.15) is 11.3 Å². The molecule has 170 valence electrons. The third-order valence-corrected chi connectivity index (χ3v) is 8.26. The zero-order valence-electron chi connectivity index (χ0n) is 17.9. The maximum absolute atomic E-state index is 14.6. The van der Waals surface area contributed by atoms with Gasteiger partial charge in [-0.3, -0.25) is 0 Å². The van der Waals surface area contributed by atoms with Gasteiger partial charge in [0, 0.05) is 0 Å². The minimum atomic E-state index is -3.89. The Hall–Kier alpha value is -3.31. The number of nitrogens with one attached hydrogen (secondary N) is 1. The fourth-order valence-corrected chi connectivity index (χ4v) is 6.63. The molecule has 5 nitrogen and oxygen atoms in total. The van der Waals surface area contributed by atoms with Crippen molar-refractivity contribution in [3.63, 3.8) is 0 Å². The molecular formula is C26H20ClN2O3PS. The zero-order chi connectivity index (χ0) is 23.4. The molecule has 1 aromatic heterocycles. The molecule has 1 unspecified atom stereocenters. The molecule has 0 aliphatic heterocycles. The molecule has 34 heavy (non-hydrogen) atoms. The standard InChI is InChI=1S/C26H20ClN2O3PS/c27-22-17-10-18-23-24(22)28-26(34-23)29-25(19-11-4-1-5-12-19)33(30,31-20-13-6-2-7-14-20)32-21-15-8-3-9-16-21/h1-18,25H,(H,28,29). The van der Waals surface area contributed by atoms with E-state index in [1.807, 2.05) is 78.9 Å². The lowest BCUT2D eigenvalue weighted by Crippen LogP contribution is -2.18. The highest BCUT2D eigenvalue weighted by atomic mass is 35.5. The molecule has 0 bridgehead atoms. The summed E-state index contributed by atoms with van der Waals surface area (Å²) in [4.78, 5) is 4.65. The minimum Gasteiger partial charge on any atom is -0.414 e. The summed E-state index contributed by atoms with van der Waals surface area (Å²) in [6.45, 7) is 0. The number of rotatable bonds is 8. The number of nitrogens with zero attached hydrogens (tertiary/aromatic N) is 1. The first-order valence-electron chi connectivity index (χ1n) is 10.6. The van der Waals surface area contributed by atoms with E-state index in [0.29, 0.717) is 27.2 Å². The number of fused-ring (bicyclic) bond motifs is 1. The van der Waals surface area contributed by atoms with Crippen LogP contribution in [0.5, 0.6) is 11.5 Å². The van der Waals surface area contributed by atoms with Crippen molar-refractivity contribution in [3.8, 4) is 11.5 Å². The van der Waals surface area contributed by atoms with Gasteiger partial charge in [0.15, 0.2) is 10.9 Å². The first-order valence-corrected chi connectivity index (χ1v) is 13.4. The Balaban J connectivity index is 1.60. The van der Waals surface area contributed by atoms with Crippen LogP contribution in [0.25, 0.3) is 10.2 Å². The maximum atomic E-state index is 14.6. The van der Waals surface area contributed by atoms with E-state index >= 15 is 0 Å². The highest BCUT2D eigenvalue weighted by molar-refractivity contribution is 7.55. The van der Waals surface area contributed by atoms with Crippen molar-refractivity contribution in [1.82, 2.24) is 4.98 Å². The van der Waals surface area contributed by atoms with Gasteiger partial charge in [-0.05, 0) is 42.0 Å². The Kier molecular flexibility index (Phi) is 6.54. The Morgan fingerprint density at radius 1 is 0.765 bits per heavy atom. The summed E-state index contributed by atoms with van der Waals surface area (Å²) in [5, 5.41) is 4.45. The predicted molar refractivity (Wildman–Crippen MR) is 139 cm³/mol. The van der Waals surface area contributed by atoms with E-state index in [0.717, 1.165) is 10.3 Å². The third kappa shape index (κ3) is 4.95. The minimum absolute atomic E-state index is 0.442. The van der Waals surface area contributed by atoms with Gasteiger partial charge < -0.3 is 14.4 Å². The number of para-hydroxylation sites is 3. The molecule has 0 aliphatic carbocycles. The van der Waals surface area contributed by atoms with E-state index in [1.54, 1.807) is 30.3 Å². The summed E-state index contributed by atoms with van der Waals surface area (Å²) in [6, 6.07) is 33.1. The van der Waals surface area contributed by atoms with Gasteiger partial charge in [-0.1, -0.05) is 95.7 Å². The van der Waals surface area contributed by atoms with Crippen molar-refractivity contribution in [2.24, 2.45) is 0 Å². The summed E-state index contributed by atoms with van der Waals surface area (Å²) >= 11 is 7.76. The van der Waals surface area contributed by atoms with Crippen LogP contribution in [0, 0.1) is 0 Å². The van der Waals surface area contributed by atoms with Crippen LogP contribution in [-0.2, 0) is 4.57 Å². The normalized spacial score (nSPS) is 12.3. The van der Waals surface area contributed by atoms with Gasteiger partial charge in [0.05, 0.1) is 9.72 Å². The second-order valence-electron chi connectivity index (χ2n) is 7.41. The summed E-state index contributed by atoms with van der Waals surface area (Å²) in [5.74, 6) is 0.0436. The Morgan fingerprint density at radius 3 is 1.88 bits per heavy atom. The van der Waals surface area contributed by atoms with Crippen LogP contribution in [0.2, 0.25) is 5.02 Å². The number of hydrogen-bond acceptors (Lipinski definition) is 6. The smallest absolute Gasteiger partial charge is 0.414 e. The molecular weight excluding hydrogens is 487 g/mol. The van der Waals surface area contributed by atoms with E-state index < -0.39 is 13.4 Å². The predicted octanol–water partition coefficient (Wildman–Crippen LogP) is 8.41. The highest BCUT2D eigenvalue weighted by Crippen LogP contribution is 2.60. The third-order valence-electron chi connectivity index (χ3n) is 5.01. The maximum Gasteiger partial charge on any atom is 0.457 e. The lowest BCUT2D eigenvalue weighted by molar-refractivity contribution is 0.376. The van der Waals surface area contributed by atoms with Crippen molar-refractivity contribution in [3.05, 3.63) is 120 Å². The molecule has 1 heterocycles. The number of hydrogen-bond donors (Lipinski definition) is 1. The zero-order valence-corrected chi connectivity index (χ0v) is 20.3. The van der Waals surface area contributed by atoms with Crippen LogP contribution in [-0.4, -0.2) is 4.98 Å². The molecule has 8 heteroatoms. The van der Waals surface area contributed by atoms with Crippen LogP contribution >= 0.6 is 30.5 Å². The molecule has 0 radical (unpaired) electrons. The molecule has 0 fully saturated rings. The molecule has 0 saturated heterocycles. The van der Waals surface area contributed by atoms with Crippen LogP contribution in [0.15, 0.2) is 109 Å². The molecule has 0 aliphatic rings. The number of benzene rings is 4. The first-order chi connectivity index (χ1) is 16.6. The average molecular weight is 507 g/mol. The van der Waals surface area contributed by atoms with Gasteiger partial charge in [0.25, 0.3) is 0 Å². The van der Waals surface area contributed by atoms with Crippen molar-refractivity contribution >= 4 is 45.9 Å². The fourth-order valence-electron chi connectivity index (χ4n) is 3.45. The summed E-state index contributed by atoms with van der Waals surface area (Å²) in [6.07, 6.45) is 0. The first kappa shape index (κ1) is 22.5.